The van der Waals surface area contributed by atoms with Gasteiger partial charge in [0, 0.05) is 0 Å². The molecule has 2 aromatic rings. The van der Waals surface area contributed by atoms with Crippen molar-refractivity contribution < 1.29 is 4.74 Å². The Morgan fingerprint density at radius 2 is 2.06 bits per heavy atom. The van der Waals surface area contributed by atoms with Crippen LogP contribution in [0.25, 0.3) is 0 Å². The van der Waals surface area contributed by atoms with Gasteiger partial charge in [0.15, 0.2) is 0 Å². The number of benzene rings is 1. The molecule has 1 aromatic heterocycles. The van der Waals surface area contributed by atoms with E-state index in [1.54, 1.807) is 0 Å². The van der Waals surface area contributed by atoms with Crippen LogP contribution in [0.15, 0.2) is 35.4 Å². The van der Waals surface area contributed by atoms with Gasteiger partial charge in [-0.3, -0.25) is 4.79 Å². The molecule has 18 heavy (non-hydrogen) atoms. The van der Waals surface area contributed by atoms with Crippen molar-refractivity contribution in [2.45, 2.75) is 19.8 Å². The SMILES string of the molecule is CC(C)c1ccccc1Oc1nc[nH]c(=O)c1I. The van der Waals surface area contributed by atoms with Gasteiger partial charge in [-0.15, -0.1) is 0 Å². The Labute approximate surface area is 119 Å². The molecule has 94 valence electrons. The second-order valence-electron chi connectivity index (χ2n) is 4.15. The zero-order valence-electron chi connectivity index (χ0n) is 10.1. The fourth-order valence-corrected chi connectivity index (χ4v) is 2.00. The summed E-state index contributed by atoms with van der Waals surface area (Å²) >= 11 is 1.93. The van der Waals surface area contributed by atoms with Gasteiger partial charge in [-0.1, -0.05) is 32.0 Å². The zero-order valence-corrected chi connectivity index (χ0v) is 12.3. The van der Waals surface area contributed by atoms with Crippen LogP contribution >= 0.6 is 22.6 Å². The fourth-order valence-electron chi connectivity index (χ4n) is 1.59. The van der Waals surface area contributed by atoms with Crippen LogP contribution in [0.2, 0.25) is 0 Å². The number of aromatic amines is 1. The molecule has 1 heterocycles. The molecule has 5 heteroatoms. The van der Waals surface area contributed by atoms with Crippen molar-refractivity contribution >= 4 is 22.6 Å². The Hall–Kier alpha value is -1.37. The van der Waals surface area contributed by atoms with Crippen LogP contribution in [0.4, 0.5) is 0 Å². The molecule has 0 fully saturated rings. The van der Waals surface area contributed by atoms with E-state index >= 15 is 0 Å². The quantitative estimate of drug-likeness (QED) is 0.859. The van der Waals surface area contributed by atoms with Crippen molar-refractivity contribution in [2.24, 2.45) is 0 Å². The van der Waals surface area contributed by atoms with Gasteiger partial charge in [-0.05, 0) is 40.1 Å². The maximum atomic E-state index is 11.5. The number of para-hydroxylation sites is 1. The molecule has 0 amide bonds. The Balaban J connectivity index is 2.40. The van der Waals surface area contributed by atoms with Crippen LogP contribution < -0.4 is 10.3 Å². The first-order chi connectivity index (χ1) is 8.59. The molecule has 0 bridgehead atoms. The molecule has 1 aromatic carbocycles. The van der Waals surface area contributed by atoms with Crippen LogP contribution in [0, 0.1) is 3.57 Å². The summed E-state index contributed by atoms with van der Waals surface area (Å²) in [6.45, 7) is 4.19. The molecule has 0 saturated heterocycles. The molecule has 0 saturated carbocycles. The minimum Gasteiger partial charge on any atom is -0.437 e. The van der Waals surface area contributed by atoms with Crippen molar-refractivity contribution in [2.75, 3.05) is 0 Å². The molecule has 0 aliphatic heterocycles. The molecule has 0 radical (unpaired) electrons. The fraction of sp³-hybridized carbons (Fsp3) is 0.231. The summed E-state index contributed by atoms with van der Waals surface area (Å²) in [5.74, 6) is 1.43. The van der Waals surface area contributed by atoms with Crippen molar-refractivity contribution in [1.29, 1.82) is 0 Å². The molecule has 0 spiro atoms. The monoisotopic (exact) mass is 356 g/mol. The van der Waals surface area contributed by atoms with E-state index in [0.717, 1.165) is 11.3 Å². The summed E-state index contributed by atoms with van der Waals surface area (Å²) in [7, 11) is 0. The standard InChI is InChI=1S/C13H13IN2O2/c1-8(2)9-5-3-4-6-10(9)18-13-11(14)12(17)15-7-16-13/h3-8H,1-2H3,(H,15,16,17). The predicted molar refractivity (Wildman–Crippen MR) is 78.2 cm³/mol. The van der Waals surface area contributed by atoms with Crippen molar-refractivity contribution in [1.82, 2.24) is 9.97 Å². The van der Waals surface area contributed by atoms with E-state index in [2.05, 4.69) is 23.8 Å². The Morgan fingerprint density at radius 3 is 2.78 bits per heavy atom. The van der Waals surface area contributed by atoms with Crippen LogP contribution in [-0.2, 0) is 0 Å². The van der Waals surface area contributed by atoms with Gasteiger partial charge < -0.3 is 9.72 Å². The minimum absolute atomic E-state index is 0.192. The van der Waals surface area contributed by atoms with E-state index in [9.17, 15) is 4.79 Å². The summed E-state index contributed by atoms with van der Waals surface area (Å²) in [5, 5.41) is 0. The number of rotatable bonds is 3. The number of H-pyrrole nitrogens is 1. The third-order valence-corrected chi connectivity index (χ3v) is 3.46. The summed E-state index contributed by atoms with van der Waals surface area (Å²) in [4.78, 5) is 18.0. The van der Waals surface area contributed by atoms with Crippen LogP contribution in [0.1, 0.15) is 25.3 Å². The first-order valence-corrected chi connectivity index (χ1v) is 6.67. The lowest BCUT2D eigenvalue weighted by atomic mass is 10.0. The highest BCUT2D eigenvalue weighted by Crippen LogP contribution is 2.30. The van der Waals surface area contributed by atoms with Crippen LogP contribution in [-0.4, -0.2) is 9.97 Å². The van der Waals surface area contributed by atoms with E-state index in [-0.39, 0.29) is 5.56 Å². The summed E-state index contributed by atoms with van der Waals surface area (Å²) in [6.07, 6.45) is 1.35. The van der Waals surface area contributed by atoms with E-state index < -0.39 is 0 Å². The van der Waals surface area contributed by atoms with Gasteiger partial charge in [-0.25, -0.2) is 4.98 Å². The average molecular weight is 356 g/mol. The van der Waals surface area contributed by atoms with Crippen LogP contribution in [0.3, 0.4) is 0 Å². The maximum absolute atomic E-state index is 11.5. The highest BCUT2D eigenvalue weighted by molar-refractivity contribution is 14.1. The summed E-state index contributed by atoms with van der Waals surface area (Å²) < 4.78 is 6.20. The third kappa shape index (κ3) is 2.72. The first-order valence-electron chi connectivity index (χ1n) is 5.59. The molecular weight excluding hydrogens is 343 g/mol. The van der Waals surface area contributed by atoms with Gasteiger partial charge in [0.1, 0.15) is 9.32 Å². The molecular formula is C13H13IN2O2. The topological polar surface area (TPSA) is 55.0 Å². The molecule has 1 N–H and O–H groups in total. The smallest absolute Gasteiger partial charge is 0.268 e. The van der Waals surface area contributed by atoms with Gasteiger partial charge in [0.05, 0.1) is 6.33 Å². The number of halogens is 1. The average Bonchev–Trinajstić information content (AvgIpc) is 2.35. The predicted octanol–water partition coefficient (Wildman–Crippen LogP) is 3.29. The summed E-state index contributed by atoms with van der Waals surface area (Å²) in [5.41, 5.74) is 0.901. The van der Waals surface area contributed by atoms with Crippen molar-refractivity contribution in [3.63, 3.8) is 0 Å². The lowest BCUT2D eigenvalue weighted by Crippen LogP contribution is -2.11. The number of hydrogen-bond donors (Lipinski definition) is 1. The second-order valence-corrected chi connectivity index (χ2v) is 5.22. The molecule has 2 rings (SSSR count). The van der Waals surface area contributed by atoms with E-state index in [4.69, 9.17) is 4.74 Å². The molecule has 0 unspecified atom stereocenters. The summed E-state index contributed by atoms with van der Waals surface area (Å²) in [6, 6.07) is 7.77. The van der Waals surface area contributed by atoms with Gasteiger partial charge in [0.2, 0.25) is 5.88 Å². The first kappa shape index (κ1) is 13.1. The van der Waals surface area contributed by atoms with Gasteiger partial charge in [0.25, 0.3) is 5.56 Å². The molecule has 0 aliphatic carbocycles. The normalized spacial score (nSPS) is 10.7. The Kier molecular flexibility index (Phi) is 4.00. The van der Waals surface area contributed by atoms with Crippen molar-refractivity contribution in [3.05, 3.63) is 50.1 Å². The minimum atomic E-state index is -0.192. The van der Waals surface area contributed by atoms with E-state index in [1.807, 2.05) is 46.9 Å². The van der Waals surface area contributed by atoms with Gasteiger partial charge >= 0.3 is 0 Å². The second kappa shape index (κ2) is 5.51. The highest BCUT2D eigenvalue weighted by atomic mass is 127. The Bertz CT molecular complexity index is 608. The largest absolute Gasteiger partial charge is 0.437 e. The molecule has 4 nitrogen and oxygen atoms in total. The van der Waals surface area contributed by atoms with E-state index in [1.165, 1.54) is 6.33 Å². The molecule has 0 aliphatic rings. The Morgan fingerprint density at radius 1 is 1.33 bits per heavy atom. The lowest BCUT2D eigenvalue weighted by Gasteiger charge is -2.13. The number of nitrogens with one attached hydrogen (secondary N) is 1. The lowest BCUT2D eigenvalue weighted by molar-refractivity contribution is 0.448. The molecule has 0 atom stereocenters. The number of hydrogen-bond acceptors (Lipinski definition) is 3. The van der Waals surface area contributed by atoms with Crippen LogP contribution in [0.5, 0.6) is 11.6 Å². The maximum Gasteiger partial charge on any atom is 0.268 e. The van der Waals surface area contributed by atoms with Crippen molar-refractivity contribution in [3.8, 4) is 11.6 Å². The zero-order chi connectivity index (χ0) is 13.1. The number of ether oxygens (including phenoxy) is 1. The van der Waals surface area contributed by atoms with Gasteiger partial charge in [-0.2, -0.15) is 0 Å². The van der Waals surface area contributed by atoms with E-state index in [0.29, 0.717) is 15.4 Å². The highest BCUT2D eigenvalue weighted by Gasteiger charge is 2.12. The number of nitrogens with zero attached hydrogens (tertiary/aromatic N) is 1. The third-order valence-electron chi connectivity index (χ3n) is 2.51. The number of aromatic nitrogens is 2.